The minimum Gasteiger partial charge on any atom is -0.346 e. The topological polar surface area (TPSA) is 71.1 Å². The van der Waals surface area contributed by atoms with Crippen molar-refractivity contribution in [3.05, 3.63) is 81.3 Å². The van der Waals surface area contributed by atoms with E-state index in [1.165, 1.54) is 5.56 Å². The van der Waals surface area contributed by atoms with E-state index in [0.717, 1.165) is 41.2 Å². The van der Waals surface area contributed by atoms with Gasteiger partial charge in [-0.3, -0.25) is 9.59 Å². The maximum Gasteiger partial charge on any atom is 0.251 e. The summed E-state index contributed by atoms with van der Waals surface area (Å²) in [4.78, 5) is 28.8. The van der Waals surface area contributed by atoms with E-state index in [4.69, 9.17) is 0 Å². The van der Waals surface area contributed by atoms with Crippen LogP contribution in [-0.4, -0.2) is 16.8 Å². The van der Waals surface area contributed by atoms with Crippen molar-refractivity contribution in [2.75, 3.05) is 5.32 Å². The molecule has 4 rings (SSSR count). The molecular weight excluding hydrogens is 370 g/mol. The molecule has 6 heteroatoms. The van der Waals surface area contributed by atoms with E-state index in [1.807, 2.05) is 35.7 Å². The number of carbonyl (C=O) groups excluding carboxylic acids is 2. The SMILES string of the molecule is O=C1CCCc2cc(C(=O)NCc3csc(Cc4ccccc4)n3)ccc2N1. The minimum absolute atomic E-state index is 0.0331. The van der Waals surface area contributed by atoms with Crippen LogP contribution in [0.5, 0.6) is 0 Å². The number of aryl methyl sites for hydroxylation is 1. The van der Waals surface area contributed by atoms with Crippen LogP contribution in [0.1, 0.15) is 45.0 Å². The van der Waals surface area contributed by atoms with Crippen LogP contribution in [0.4, 0.5) is 5.69 Å². The number of nitrogens with zero attached hydrogens (tertiary/aromatic N) is 1. The van der Waals surface area contributed by atoms with Crippen LogP contribution in [-0.2, 0) is 24.2 Å². The van der Waals surface area contributed by atoms with Crippen molar-refractivity contribution < 1.29 is 9.59 Å². The first-order valence-corrected chi connectivity index (χ1v) is 10.2. The molecule has 3 aromatic rings. The second kappa shape index (κ2) is 8.35. The van der Waals surface area contributed by atoms with Crippen LogP contribution in [0, 0.1) is 0 Å². The van der Waals surface area contributed by atoms with Crippen molar-refractivity contribution in [3.8, 4) is 0 Å². The van der Waals surface area contributed by atoms with E-state index in [0.29, 0.717) is 18.5 Å². The predicted molar refractivity (Wildman–Crippen MR) is 111 cm³/mol. The molecule has 0 spiro atoms. The van der Waals surface area contributed by atoms with E-state index < -0.39 is 0 Å². The lowest BCUT2D eigenvalue weighted by Crippen LogP contribution is -2.23. The molecule has 0 bridgehead atoms. The fraction of sp³-hybridized carbons (Fsp3) is 0.227. The summed E-state index contributed by atoms with van der Waals surface area (Å²) in [6.07, 6.45) is 2.92. The average Bonchev–Trinajstić information content (AvgIpc) is 3.06. The quantitative estimate of drug-likeness (QED) is 0.692. The lowest BCUT2D eigenvalue weighted by molar-refractivity contribution is -0.116. The number of carbonyl (C=O) groups is 2. The third-order valence-electron chi connectivity index (χ3n) is 4.72. The Morgan fingerprint density at radius 1 is 1.14 bits per heavy atom. The van der Waals surface area contributed by atoms with Crippen LogP contribution in [0.25, 0.3) is 0 Å². The Bertz CT molecular complexity index is 998. The van der Waals surface area contributed by atoms with Gasteiger partial charge in [-0.25, -0.2) is 4.98 Å². The molecule has 1 aliphatic heterocycles. The van der Waals surface area contributed by atoms with Gasteiger partial charge in [0.1, 0.15) is 0 Å². The summed E-state index contributed by atoms with van der Waals surface area (Å²) < 4.78 is 0. The van der Waals surface area contributed by atoms with Crippen LogP contribution < -0.4 is 10.6 Å². The Morgan fingerprint density at radius 3 is 2.86 bits per heavy atom. The largest absolute Gasteiger partial charge is 0.346 e. The Balaban J connectivity index is 1.37. The van der Waals surface area contributed by atoms with E-state index in [2.05, 4.69) is 27.8 Å². The van der Waals surface area contributed by atoms with Crippen molar-refractivity contribution in [1.82, 2.24) is 10.3 Å². The molecule has 142 valence electrons. The highest BCUT2D eigenvalue weighted by Crippen LogP contribution is 2.23. The summed E-state index contributed by atoms with van der Waals surface area (Å²) in [5.74, 6) is -0.0956. The van der Waals surface area contributed by atoms with Gasteiger partial charge in [-0.1, -0.05) is 30.3 Å². The first-order chi connectivity index (χ1) is 13.7. The molecule has 28 heavy (non-hydrogen) atoms. The van der Waals surface area contributed by atoms with E-state index in [9.17, 15) is 9.59 Å². The highest BCUT2D eigenvalue weighted by molar-refractivity contribution is 7.09. The second-order valence-corrected chi connectivity index (χ2v) is 7.79. The van der Waals surface area contributed by atoms with Gasteiger partial charge in [0, 0.05) is 29.5 Å². The molecule has 0 saturated carbocycles. The number of hydrogen-bond donors (Lipinski definition) is 2. The molecule has 0 atom stereocenters. The van der Waals surface area contributed by atoms with E-state index >= 15 is 0 Å². The molecule has 2 aromatic carbocycles. The lowest BCUT2D eigenvalue weighted by Gasteiger charge is -2.09. The summed E-state index contributed by atoms with van der Waals surface area (Å²) in [6, 6.07) is 15.7. The zero-order valence-electron chi connectivity index (χ0n) is 15.4. The van der Waals surface area contributed by atoms with Gasteiger partial charge >= 0.3 is 0 Å². The molecule has 1 aromatic heterocycles. The smallest absolute Gasteiger partial charge is 0.251 e. The number of thiazole rings is 1. The van der Waals surface area contributed by atoms with Gasteiger partial charge in [0.15, 0.2) is 0 Å². The number of nitrogens with one attached hydrogen (secondary N) is 2. The predicted octanol–water partition coefficient (Wildman–Crippen LogP) is 3.94. The summed E-state index contributed by atoms with van der Waals surface area (Å²) >= 11 is 1.61. The van der Waals surface area contributed by atoms with Gasteiger partial charge in [-0.15, -0.1) is 11.3 Å². The zero-order chi connectivity index (χ0) is 19.3. The number of aromatic nitrogens is 1. The zero-order valence-corrected chi connectivity index (χ0v) is 16.2. The first kappa shape index (κ1) is 18.4. The normalized spacial score (nSPS) is 13.4. The van der Waals surface area contributed by atoms with Gasteiger partial charge in [0.2, 0.25) is 5.91 Å². The monoisotopic (exact) mass is 391 g/mol. The van der Waals surface area contributed by atoms with Crippen molar-refractivity contribution in [2.45, 2.75) is 32.2 Å². The number of amides is 2. The molecule has 1 aliphatic rings. The van der Waals surface area contributed by atoms with Crippen LogP contribution in [0.15, 0.2) is 53.9 Å². The van der Waals surface area contributed by atoms with E-state index in [1.54, 1.807) is 17.4 Å². The molecule has 0 radical (unpaired) electrons. The fourth-order valence-electron chi connectivity index (χ4n) is 3.27. The van der Waals surface area contributed by atoms with Crippen LogP contribution in [0.2, 0.25) is 0 Å². The molecule has 2 amide bonds. The molecule has 0 aliphatic carbocycles. The average molecular weight is 391 g/mol. The molecule has 0 fully saturated rings. The lowest BCUT2D eigenvalue weighted by atomic mass is 10.0. The Kier molecular flexibility index (Phi) is 5.48. The van der Waals surface area contributed by atoms with E-state index in [-0.39, 0.29) is 11.8 Å². The second-order valence-electron chi connectivity index (χ2n) is 6.85. The molecule has 0 saturated heterocycles. The highest BCUT2D eigenvalue weighted by atomic mass is 32.1. The Labute approximate surface area is 167 Å². The Hall–Kier alpha value is -2.99. The van der Waals surface area contributed by atoms with Crippen molar-refractivity contribution >= 4 is 28.8 Å². The molecule has 2 heterocycles. The third kappa shape index (κ3) is 4.46. The van der Waals surface area contributed by atoms with Gasteiger partial charge in [0.25, 0.3) is 5.91 Å². The summed E-state index contributed by atoms with van der Waals surface area (Å²) in [5, 5.41) is 8.86. The van der Waals surface area contributed by atoms with Gasteiger partial charge in [0.05, 0.1) is 17.2 Å². The summed E-state index contributed by atoms with van der Waals surface area (Å²) in [7, 11) is 0. The maximum atomic E-state index is 12.5. The molecule has 2 N–H and O–H groups in total. The number of rotatable bonds is 5. The molecular formula is C22H21N3O2S. The highest BCUT2D eigenvalue weighted by Gasteiger charge is 2.15. The fourth-order valence-corrected chi connectivity index (χ4v) is 4.10. The first-order valence-electron chi connectivity index (χ1n) is 9.35. The summed E-state index contributed by atoms with van der Waals surface area (Å²) in [5.41, 5.74) is 4.52. The Morgan fingerprint density at radius 2 is 2.00 bits per heavy atom. The van der Waals surface area contributed by atoms with Crippen LogP contribution in [0.3, 0.4) is 0 Å². The van der Waals surface area contributed by atoms with Crippen molar-refractivity contribution in [3.63, 3.8) is 0 Å². The van der Waals surface area contributed by atoms with Gasteiger partial charge in [-0.05, 0) is 42.2 Å². The standard InChI is InChI=1S/C22H21N3O2S/c26-20-8-4-7-16-12-17(9-10-19(16)25-20)22(27)23-13-18-14-28-21(24-18)11-15-5-2-1-3-6-15/h1-3,5-6,9-10,12,14H,4,7-8,11,13H2,(H,23,27)(H,25,26). The molecule has 5 nitrogen and oxygen atoms in total. The number of benzene rings is 2. The number of hydrogen-bond acceptors (Lipinski definition) is 4. The number of anilines is 1. The summed E-state index contributed by atoms with van der Waals surface area (Å²) in [6.45, 7) is 0.401. The van der Waals surface area contributed by atoms with Gasteiger partial charge < -0.3 is 10.6 Å². The maximum absolute atomic E-state index is 12.5. The van der Waals surface area contributed by atoms with Crippen molar-refractivity contribution in [2.24, 2.45) is 0 Å². The van der Waals surface area contributed by atoms with Crippen LogP contribution >= 0.6 is 11.3 Å². The van der Waals surface area contributed by atoms with Crippen molar-refractivity contribution in [1.29, 1.82) is 0 Å². The minimum atomic E-state index is -0.129. The molecule has 0 unspecified atom stereocenters. The van der Waals surface area contributed by atoms with Gasteiger partial charge in [-0.2, -0.15) is 0 Å². The third-order valence-corrected chi connectivity index (χ3v) is 5.62. The number of fused-ring (bicyclic) bond motifs is 1.